The van der Waals surface area contributed by atoms with Crippen LogP contribution in [-0.4, -0.2) is 28.6 Å². The maximum absolute atomic E-state index is 8.98. The summed E-state index contributed by atoms with van der Waals surface area (Å²) < 4.78 is 7.23. The normalized spacial score (nSPS) is 11.9. The summed E-state index contributed by atoms with van der Waals surface area (Å²) in [5.74, 6) is 0.758. The van der Waals surface area contributed by atoms with E-state index in [1.165, 1.54) is 0 Å². The van der Waals surface area contributed by atoms with Crippen LogP contribution in [0.2, 0.25) is 0 Å². The molecular weight excluding hydrogens is 192 g/mol. The average Bonchev–Trinajstić information content (AvgIpc) is 2.44. The van der Waals surface area contributed by atoms with E-state index in [1.807, 2.05) is 11.6 Å². The minimum Gasteiger partial charge on any atom is -0.481 e. The lowest BCUT2D eigenvalue weighted by Gasteiger charge is -2.21. The molecule has 0 spiro atoms. The van der Waals surface area contributed by atoms with Gasteiger partial charge in [-0.3, -0.25) is 0 Å². The van der Waals surface area contributed by atoms with Gasteiger partial charge in [0.15, 0.2) is 0 Å². The molecule has 1 N–H and O–H groups in total. The summed E-state index contributed by atoms with van der Waals surface area (Å²) in [5, 5.41) is 13.4. The van der Waals surface area contributed by atoms with Gasteiger partial charge in [0.1, 0.15) is 0 Å². The molecule has 0 aliphatic carbocycles. The second-order valence-electron chi connectivity index (χ2n) is 4.63. The van der Waals surface area contributed by atoms with Crippen molar-refractivity contribution in [2.24, 2.45) is 0 Å². The van der Waals surface area contributed by atoms with Crippen molar-refractivity contribution in [1.82, 2.24) is 9.78 Å². The molecule has 0 unspecified atom stereocenters. The lowest BCUT2D eigenvalue weighted by molar-refractivity contribution is 0.273. The fourth-order valence-electron chi connectivity index (χ4n) is 1.60. The van der Waals surface area contributed by atoms with Gasteiger partial charge in [0.25, 0.3) is 0 Å². The van der Waals surface area contributed by atoms with Crippen molar-refractivity contribution in [3.05, 3.63) is 11.3 Å². The predicted molar refractivity (Wildman–Crippen MR) is 59.3 cm³/mol. The van der Waals surface area contributed by atoms with Crippen LogP contribution in [0.15, 0.2) is 0 Å². The van der Waals surface area contributed by atoms with Crippen LogP contribution in [-0.2, 0) is 12.0 Å². The van der Waals surface area contributed by atoms with E-state index in [0.717, 1.165) is 17.1 Å². The van der Waals surface area contributed by atoms with Crippen LogP contribution in [0, 0.1) is 6.92 Å². The Labute approximate surface area is 90.9 Å². The molecule has 4 nitrogen and oxygen atoms in total. The molecule has 0 bridgehead atoms. The van der Waals surface area contributed by atoms with Gasteiger partial charge in [-0.1, -0.05) is 0 Å². The van der Waals surface area contributed by atoms with Gasteiger partial charge < -0.3 is 9.84 Å². The Morgan fingerprint density at radius 3 is 2.40 bits per heavy atom. The number of rotatable bonds is 3. The topological polar surface area (TPSA) is 47.3 Å². The van der Waals surface area contributed by atoms with Gasteiger partial charge in [0.2, 0.25) is 5.88 Å². The highest BCUT2D eigenvalue weighted by Crippen LogP contribution is 2.28. The third kappa shape index (κ3) is 2.31. The predicted octanol–water partition coefficient (Wildman–Crippen LogP) is 1.49. The summed E-state index contributed by atoms with van der Waals surface area (Å²) in [4.78, 5) is 0. The summed E-state index contributed by atoms with van der Waals surface area (Å²) in [6.07, 6.45) is 0.588. The van der Waals surface area contributed by atoms with E-state index in [0.29, 0.717) is 6.42 Å². The molecule has 0 radical (unpaired) electrons. The van der Waals surface area contributed by atoms with Crippen LogP contribution in [0.25, 0.3) is 0 Å². The Bertz CT molecular complexity index is 337. The molecule has 1 aromatic heterocycles. The van der Waals surface area contributed by atoms with Crippen molar-refractivity contribution in [2.75, 3.05) is 13.7 Å². The largest absolute Gasteiger partial charge is 0.481 e. The maximum Gasteiger partial charge on any atom is 0.215 e. The van der Waals surface area contributed by atoms with Crippen LogP contribution >= 0.6 is 0 Å². The zero-order valence-electron chi connectivity index (χ0n) is 10.2. The average molecular weight is 212 g/mol. The van der Waals surface area contributed by atoms with Gasteiger partial charge in [0, 0.05) is 18.6 Å². The number of aliphatic hydroxyl groups is 1. The molecule has 1 heterocycles. The van der Waals surface area contributed by atoms with Crippen LogP contribution in [0.3, 0.4) is 0 Å². The molecule has 0 aromatic carbocycles. The van der Waals surface area contributed by atoms with E-state index >= 15 is 0 Å². The Balaban J connectivity index is 3.24. The molecule has 0 amide bonds. The number of hydrogen-bond acceptors (Lipinski definition) is 3. The van der Waals surface area contributed by atoms with Crippen molar-refractivity contribution < 1.29 is 9.84 Å². The third-order valence-electron chi connectivity index (χ3n) is 2.33. The Kier molecular flexibility index (Phi) is 3.39. The molecule has 0 fully saturated rings. The maximum atomic E-state index is 8.98. The van der Waals surface area contributed by atoms with Gasteiger partial charge in [-0.2, -0.15) is 5.10 Å². The lowest BCUT2D eigenvalue weighted by atomic mass is 10.1. The first-order valence-electron chi connectivity index (χ1n) is 5.15. The van der Waals surface area contributed by atoms with Crippen LogP contribution in [0.1, 0.15) is 32.0 Å². The molecule has 4 heteroatoms. The van der Waals surface area contributed by atoms with E-state index < -0.39 is 0 Å². The summed E-state index contributed by atoms with van der Waals surface area (Å²) in [6, 6.07) is 0. The van der Waals surface area contributed by atoms with Gasteiger partial charge in [-0.05, 0) is 27.7 Å². The summed E-state index contributed by atoms with van der Waals surface area (Å²) in [7, 11) is 1.64. The van der Waals surface area contributed by atoms with Crippen LogP contribution < -0.4 is 4.74 Å². The molecule has 1 aromatic rings. The minimum absolute atomic E-state index is 0.107. The highest BCUT2D eigenvalue weighted by molar-refractivity contribution is 5.32. The van der Waals surface area contributed by atoms with Gasteiger partial charge in [-0.15, -0.1) is 0 Å². The van der Waals surface area contributed by atoms with E-state index in [4.69, 9.17) is 9.84 Å². The summed E-state index contributed by atoms with van der Waals surface area (Å²) in [5.41, 5.74) is 1.81. The first-order chi connectivity index (χ1) is 6.91. The fraction of sp³-hybridized carbons (Fsp3) is 0.727. The number of aryl methyl sites for hydroxylation is 1. The van der Waals surface area contributed by atoms with E-state index in [2.05, 4.69) is 25.9 Å². The zero-order chi connectivity index (χ0) is 11.6. The van der Waals surface area contributed by atoms with Gasteiger partial charge in [-0.25, -0.2) is 4.68 Å². The Morgan fingerprint density at radius 1 is 1.40 bits per heavy atom. The molecule has 0 atom stereocenters. The van der Waals surface area contributed by atoms with Gasteiger partial charge >= 0.3 is 0 Å². The molecule has 86 valence electrons. The smallest absolute Gasteiger partial charge is 0.215 e. The number of methoxy groups -OCH3 is 1. The third-order valence-corrected chi connectivity index (χ3v) is 2.33. The van der Waals surface area contributed by atoms with Crippen molar-refractivity contribution in [3.63, 3.8) is 0 Å². The van der Waals surface area contributed by atoms with Crippen LogP contribution in [0.5, 0.6) is 5.88 Å². The van der Waals surface area contributed by atoms with Crippen LogP contribution in [0.4, 0.5) is 0 Å². The second-order valence-corrected chi connectivity index (χ2v) is 4.63. The Morgan fingerprint density at radius 2 is 2.00 bits per heavy atom. The monoisotopic (exact) mass is 212 g/mol. The molecular formula is C11H20N2O2. The zero-order valence-corrected chi connectivity index (χ0v) is 10.2. The summed E-state index contributed by atoms with van der Waals surface area (Å²) in [6.45, 7) is 8.28. The number of hydrogen-bond donors (Lipinski definition) is 1. The lowest BCUT2D eigenvalue weighted by Crippen LogP contribution is -2.24. The fourth-order valence-corrected chi connectivity index (χ4v) is 1.60. The minimum atomic E-state index is -0.107. The van der Waals surface area contributed by atoms with Crippen molar-refractivity contribution >= 4 is 0 Å². The quantitative estimate of drug-likeness (QED) is 0.825. The molecule has 0 aliphatic rings. The molecule has 0 aliphatic heterocycles. The van der Waals surface area contributed by atoms with E-state index in [9.17, 15) is 0 Å². The highest BCUT2D eigenvalue weighted by Gasteiger charge is 2.23. The standard InChI is InChI=1S/C11H20N2O2/c1-8-9(6-7-14)10(15-5)13(12-8)11(2,3)4/h14H,6-7H2,1-5H3. The van der Waals surface area contributed by atoms with Crippen molar-refractivity contribution in [1.29, 1.82) is 0 Å². The van der Waals surface area contributed by atoms with Crippen molar-refractivity contribution in [3.8, 4) is 5.88 Å². The SMILES string of the molecule is COc1c(CCO)c(C)nn1C(C)(C)C. The first-order valence-corrected chi connectivity index (χ1v) is 5.15. The molecule has 15 heavy (non-hydrogen) atoms. The second kappa shape index (κ2) is 4.23. The molecule has 0 saturated carbocycles. The first kappa shape index (κ1) is 12.0. The highest BCUT2D eigenvalue weighted by atomic mass is 16.5. The van der Waals surface area contributed by atoms with E-state index in [1.54, 1.807) is 7.11 Å². The number of nitrogens with zero attached hydrogens (tertiary/aromatic N) is 2. The summed E-state index contributed by atoms with van der Waals surface area (Å²) >= 11 is 0. The molecule has 0 saturated heterocycles. The number of aliphatic hydroxyl groups excluding tert-OH is 1. The Hall–Kier alpha value is -1.03. The molecule has 1 rings (SSSR count). The number of ether oxygens (including phenoxy) is 1. The number of aromatic nitrogens is 2. The van der Waals surface area contributed by atoms with Crippen molar-refractivity contribution in [2.45, 2.75) is 39.7 Å². The van der Waals surface area contributed by atoms with E-state index in [-0.39, 0.29) is 12.1 Å². The van der Waals surface area contributed by atoms with Gasteiger partial charge in [0.05, 0.1) is 18.3 Å².